The van der Waals surface area contributed by atoms with Crippen LogP contribution in [0.25, 0.3) is 10.8 Å². The number of fused-ring (bicyclic) bond motifs is 1. The van der Waals surface area contributed by atoms with E-state index in [4.69, 9.17) is 5.11 Å². The minimum absolute atomic E-state index is 0.447. The molecule has 0 heterocycles. The van der Waals surface area contributed by atoms with Crippen LogP contribution in [0.5, 0.6) is 0 Å². The molecule has 1 N–H and O–H groups in total. The number of aliphatic carboxylic acids is 2. The minimum Gasteiger partial charge on any atom is -0.545 e. The first-order valence-corrected chi connectivity index (χ1v) is 10.4. The van der Waals surface area contributed by atoms with Crippen LogP contribution >= 0.6 is 0 Å². The quantitative estimate of drug-likeness (QED) is 0.432. The highest BCUT2D eigenvalue weighted by atomic mass is 19.2. The van der Waals surface area contributed by atoms with Gasteiger partial charge in [-0.25, -0.2) is 13.6 Å². The molecule has 5 nitrogen and oxygen atoms in total. The van der Waals surface area contributed by atoms with Gasteiger partial charge in [-0.15, -0.1) is 0 Å². The zero-order valence-electron chi connectivity index (χ0n) is 18.8. The average Bonchev–Trinajstić information content (AvgIpc) is 2.74. The Labute approximate surface area is 191 Å². The van der Waals surface area contributed by atoms with Crippen molar-refractivity contribution in [2.45, 2.75) is 19.8 Å². The normalized spacial score (nSPS) is 11.3. The predicted octanol–water partition coefficient (Wildman–Crippen LogP) is 4.00. The fourth-order valence-electron chi connectivity index (χ4n) is 3.53. The van der Waals surface area contributed by atoms with Gasteiger partial charge in [-0.3, -0.25) is 4.48 Å². The van der Waals surface area contributed by atoms with Crippen molar-refractivity contribution < 1.29 is 28.6 Å². The topological polar surface area (TPSA) is 77.4 Å². The Kier molecular flexibility index (Phi) is 8.82. The first kappa shape index (κ1) is 25.7. The second kappa shape index (κ2) is 11.3. The Morgan fingerprint density at radius 1 is 1.00 bits per heavy atom. The van der Waals surface area contributed by atoms with Crippen LogP contribution in [0.2, 0.25) is 0 Å². The Hall–Kier alpha value is -3.58. The number of carboxylic acids is 2. The highest BCUT2D eigenvalue weighted by Crippen LogP contribution is 2.24. The zero-order valence-corrected chi connectivity index (χ0v) is 18.8. The lowest BCUT2D eigenvalue weighted by Gasteiger charge is -2.29. The molecule has 0 bridgehead atoms. The summed E-state index contributed by atoms with van der Waals surface area (Å²) in [4.78, 5) is 19.0. The molecule has 0 spiro atoms. The van der Waals surface area contributed by atoms with Crippen molar-refractivity contribution in [3.8, 4) is 0 Å². The number of quaternary nitrogens is 1. The van der Waals surface area contributed by atoms with Crippen LogP contribution in [0.1, 0.15) is 17.5 Å². The lowest BCUT2D eigenvalue weighted by Crippen LogP contribution is -2.41. The molecule has 0 aliphatic carbocycles. The molecule has 0 unspecified atom stereocenters. The maximum absolute atomic E-state index is 13.5. The van der Waals surface area contributed by atoms with Gasteiger partial charge in [-0.2, -0.15) is 0 Å². The van der Waals surface area contributed by atoms with Crippen LogP contribution in [0, 0.1) is 18.6 Å². The number of benzene rings is 3. The van der Waals surface area contributed by atoms with Crippen LogP contribution in [-0.4, -0.2) is 37.7 Å². The second-order valence-electron chi connectivity index (χ2n) is 8.24. The van der Waals surface area contributed by atoms with Gasteiger partial charge >= 0.3 is 5.97 Å². The SMILES string of the molecule is Cc1cc(CCC[N+](C)(C)c2ccc(F)c(F)c2)cc2ccccc12.O=C([O-])C=CC(=O)O. The monoisotopic (exact) mass is 455 g/mol. The Morgan fingerprint density at radius 2 is 1.70 bits per heavy atom. The lowest BCUT2D eigenvalue weighted by molar-refractivity contribution is -0.297. The molecule has 3 rings (SSSR count). The van der Waals surface area contributed by atoms with E-state index in [0.717, 1.165) is 25.1 Å². The number of carboxylic acid groups (broad SMARTS) is 2. The number of hydrogen-bond donors (Lipinski definition) is 1. The number of carbonyl (C=O) groups excluding carboxylic acids is 1. The summed E-state index contributed by atoms with van der Waals surface area (Å²) in [6, 6.07) is 17.1. The molecule has 0 aliphatic heterocycles. The average molecular weight is 456 g/mol. The number of nitrogens with zero attached hydrogens (tertiary/aromatic N) is 1. The number of aryl methyl sites for hydroxylation is 2. The van der Waals surface area contributed by atoms with E-state index in [0.29, 0.717) is 16.6 Å². The van der Waals surface area contributed by atoms with Crippen molar-refractivity contribution in [1.82, 2.24) is 4.48 Å². The highest BCUT2D eigenvalue weighted by molar-refractivity contribution is 5.88. The molecule has 0 atom stereocenters. The molecule has 0 saturated carbocycles. The maximum atomic E-state index is 13.5. The van der Waals surface area contributed by atoms with E-state index in [2.05, 4.69) is 43.3 Å². The molecule has 3 aromatic rings. The van der Waals surface area contributed by atoms with Gasteiger partial charge in [0.05, 0.1) is 26.6 Å². The third kappa shape index (κ3) is 7.80. The van der Waals surface area contributed by atoms with Gasteiger partial charge in [0.15, 0.2) is 11.6 Å². The molecule has 0 aliphatic rings. The van der Waals surface area contributed by atoms with E-state index < -0.39 is 23.6 Å². The first-order valence-electron chi connectivity index (χ1n) is 10.4. The van der Waals surface area contributed by atoms with Crippen molar-refractivity contribution >= 4 is 28.4 Å². The van der Waals surface area contributed by atoms with Crippen LogP contribution in [-0.2, 0) is 16.0 Å². The second-order valence-corrected chi connectivity index (χ2v) is 8.24. The fraction of sp³-hybridized carbons (Fsp3) is 0.231. The number of carbonyl (C=O) groups is 2. The number of halogens is 2. The van der Waals surface area contributed by atoms with Crippen molar-refractivity contribution in [2.24, 2.45) is 0 Å². The summed E-state index contributed by atoms with van der Waals surface area (Å²) in [6.07, 6.45) is 2.89. The van der Waals surface area contributed by atoms with Crippen molar-refractivity contribution in [1.29, 1.82) is 0 Å². The Morgan fingerprint density at radius 3 is 2.30 bits per heavy atom. The third-order valence-corrected chi connectivity index (χ3v) is 5.28. The van der Waals surface area contributed by atoms with Gasteiger partial charge in [0.2, 0.25) is 0 Å². The molecule has 0 radical (unpaired) electrons. The molecule has 33 heavy (non-hydrogen) atoms. The molecule has 0 fully saturated rings. The third-order valence-electron chi connectivity index (χ3n) is 5.28. The van der Waals surface area contributed by atoms with Gasteiger partial charge < -0.3 is 15.0 Å². The molecular weight excluding hydrogens is 428 g/mol. The summed E-state index contributed by atoms with van der Waals surface area (Å²) < 4.78 is 27.2. The number of rotatable bonds is 7. The Balaban J connectivity index is 0.000000414. The van der Waals surface area contributed by atoms with Gasteiger partial charge in [0, 0.05) is 24.6 Å². The Bertz CT molecular complexity index is 1160. The van der Waals surface area contributed by atoms with Crippen LogP contribution in [0.3, 0.4) is 0 Å². The standard InChI is InChI=1S/C22H24F2N.C4H4O4/c1-16-13-17(14-18-8-4-5-9-20(16)18)7-6-12-25(2,3)19-10-11-21(23)22(24)15-19;5-3(6)1-2-4(7)8/h4-5,8-11,13-15H,6-7,12H2,1-3H3;1-2H,(H,5,6)(H,7,8)/q+1;/p-1. The van der Waals surface area contributed by atoms with Gasteiger partial charge in [-0.05, 0) is 47.4 Å². The predicted molar refractivity (Wildman–Crippen MR) is 124 cm³/mol. The first-order chi connectivity index (χ1) is 15.5. The summed E-state index contributed by atoms with van der Waals surface area (Å²) in [5, 5.41) is 19.8. The van der Waals surface area contributed by atoms with Gasteiger partial charge in [0.1, 0.15) is 5.69 Å². The molecular formula is C26H27F2NO4. The maximum Gasteiger partial charge on any atom is 0.328 e. The molecule has 7 heteroatoms. The van der Waals surface area contributed by atoms with Crippen LogP contribution < -0.4 is 9.59 Å². The van der Waals surface area contributed by atoms with Crippen LogP contribution in [0.4, 0.5) is 14.5 Å². The van der Waals surface area contributed by atoms with E-state index in [-0.39, 0.29) is 0 Å². The van der Waals surface area contributed by atoms with E-state index in [1.165, 1.54) is 34.0 Å². The zero-order chi connectivity index (χ0) is 24.6. The lowest BCUT2D eigenvalue weighted by atomic mass is 9.99. The van der Waals surface area contributed by atoms with E-state index in [1.54, 1.807) is 6.07 Å². The van der Waals surface area contributed by atoms with Gasteiger partial charge in [0.25, 0.3) is 0 Å². The summed E-state index contributed by atoms with van der Waals surface area (Å²) in [5.74, 6) is -4.38. The van der Waals surface area contributed by atoms with Crippen molar-refractivity contribution in [3.63, 3.8) is 0 Å². The highest BCUT2D eigenvalue weighted by Gasteiger charge is 2.20. The van der Waals surface area contributed by atoms with Crippen molar-refractivity contribution in [3.05, 3.63) is 89.5 Å². The smallest absolute Gasteiger partial charge is 0.328 e. The number of hydrogen-bond acceptors (Lipinski definition) is 3. The molecule has 3 aromatic carbocycles. The van der Waals surface area contributed by atoms with Gasteiger partial charge in [-0.1, -0.05) is 36.4 Å². The molecule has 0 saturated heterocycles. The fourth-order valence-corrected chi connectivity index (χ4v) is 3.53. The van der Waals surface area contributed by atoms with Crippen LogP contribution in [0.15, 0.2) is 66.7 Å². The molecule has 0 aromatic heterocycles. The largest absolute Gasteiger partial charge is 0.545 e. The summed E-state index contributed by atoms with van der Waals surface area (Å²) in [5.41, 5.74) is 3.40. The summed E-state index contributed by atoms with van der Waals surface area (Å²) in [6.45, 7) is 3.00. The summed E-state index contributed by atoms with van der Waals surface area (Å²) >= 11 is 0. The molecule has 0 amide bonds. The van der Waals surface area contributed by atoms with E-state index >= 15 is 0 Å². The molecule has 174 valence electrons. The minimum atomic E-state index is -1.51. The van der Waals surface area contributed by atoms with E-state index in [9.17, 15) is 23.5 Å². The van der Waals surface area contributed by atoms with E-state index in [1.807, 2.05) is 14.1 Å². The summed E-state index contributed by atoms with van der Waals surface area (Å²) in [7, 11) is 4.05. The van der Waals surface area contributed by atoms with Crippen molar-refractivity contribution in [2.75, 3.05) is 20.6 Å².